The lowest BCUT2D eigenvalue weighted by atomic mass is 10.0. The van der Waals surface area contributed by atoms with Crippen LogP contribution in [0.1, 0.15) is 32.6 Å². The molecule has 3 unspecified atom stereocenters. The van der Waals surface area contributed by atoms with Crippen LogP contribution in [0, 0.1) is 5.92 Å². The molecule has 17 heavy (non-hydrogen) atoms. The van der Waals surface area contributed by atoms with Crippen molar-refractivity contribution in [3.63, 3.8) is 0 Å². The van der Waals surface area contributed by atoms with E-state index in [4.69, 9.17) is 4.74 Å². The van der Waals surface area contributed by atoms with Crippen LogP contribution in [-0.4, -0.2) is 49.7 Å². The van der Waals surface area contributed by atoms with E-state index in [1.807, 2.05) is 11.9 Å². The second-order valence-electron chi connectivity index (χ2n) is 5.39. The minimum Gasteiger partial charge on any atom is -0.376 e. The molecule has 4 heteroatoms. The number of carbonyl (C=O) groups is 1. The maximum atomic E-state index is 12.3. The van der Waals surface area contributed by atoms with Gasteiger partial charge in [-0.1, -0.05) is 6.92 Å². The molecular formula is C13H24N2O2. The van der Waals surface area contributed by atoms with Crippen molar-refractivity contribution in [2.75, 3.05) is 26.7 Å². The summed E-state index contributed by atoms with van der Waals surface area (Å²) in [5.74, 6) is 0.873. The van der Waals surface area contributed by atoms with Gasteiger partial charge in [0.1, 0.15) is 0 Å². The lowest BCUT2D eigenvalue weighted by Crippen LogP contribution is -2.46. The van der Waals surface area contributed by atoms with Gasteiger partial charge in [0, 0.05) is 19.7 Å². The molecule has 0 spiro atoms. The number of nitrogens with one attached hydrogen (secondary N) is 1. The molecule has 2 rings (SSSR count). The van der Waals surface area contributed by atoms with E-state index >= 15 is 0 Å². The van der Waals surface area contributed by atoms with Crippen LogP contribution in [-0.2, 0) is 9.53 Å². The summed E-state index contributed by atoms with van der Waals surface area (Å²) in [6.07, 6.45) is 4.57. The van der Waals surface area contributed by atoms with Gasteiger partial charge in [-0.2, -0.15) is 0 Å². The highest BCUT2D eigenvalue weighted by Crippen LogP contribution is 2.20. The molecule has 0 aromatic carbocycles. The van der Waals surface area contributed by atoms with Crippen molar-refractivity contribution < 1.29 is 9.53 Å². The summed E-state index contributed by atoms with van der Waals surface area (Å²) in [5, 5.41) is 3.15. The Morgan fingerprint density at radius 3 is 2.94 bits per heavy atom. The van der Waals surface area contributed by atoms with Gasteiger partial charge in [0.05, 0.1) is 12.1 Å². The number of likely N-dealkylation sites (tertiary alicyclic amines) is 1. The minimum atomic E-state index is -0.00565. The van der Waals surface area contributed by atoms with Crippen LogP contribution in [0.3, 0.4) is 0 Å². The van der Waals surface area contributed by atoms with E-state index in [-0.39, 0.29) is 18.1 Å². The van der Waals surface area contributed by atoms with Crippen LogP contribution in [0.2, 0.25) is 0 Å². The molecule has 0 bridgehead atoms. The monoisotopic (exact) mass is 240 g/mol. The Labute approximate surface area is 104 Å². The first kappa shape index (κ1) is 12.8. The van der Waals surface area contributed by atoms with Crippen LogP contribution in [0.25, 0.3) is 0 Å². The number of hydrogen-bond donors (Lipinski definition) is 1. The number of rotatable bonds is 3. The van der Waals surface area contributed by atoms with Crippen molar-refractivity contribution >= 4 is 5.91 Å². The zero-order valence-electron chi connectivity index (χ0n) is 10.9. The largest absolute Gasteiger partial charge is 0.376 e. The fraction of sp³-hybridized carbons (Fsp3) is 0.923. The van der Waals surface area contributed by atoms with E-state index in [1.54, 1.807) is 0 Å². The third kappa shape index (κ3) is 3.19. The predicted octanol–water partition coefficient (Wildman–Crippen LogP) is 1.01. The average molecular weight is 240 g/mol. The van der Waals surface area contributed by atoms with Crippen LogP contribution >= 0.6 is 0 Å². The second kappa shape index (κ2) is 5.83. The van der Waals surface area contributed by atoms with E-state index in [9.17, 15) is 4.79 Å². The average Bonchev–Trinajstić information content (AvgIpc) is 2.78. The Hall–Kier alpha value is -0.610. The SMILES string of the molecule is CNC1CC(C)CCN(CC2CCCO2)C1=O. The Balaban J connectivity index is 1.96. The van der Waals surface area contributed by atoms with Crippen molar-refractivity contribution in [3.8, 4) is 0 Å². The van der Waals surface area contributed by atoms with Gasteiger partial charge in [0.15, 0.2) is 0 Å². The number of ether oxygens (including phenoxy) is 1. The highest BCUT2D eigenvalue weighted by atomic mass is 16.5. The molecule has 2 aliphatic rings. The minimum absolute atomic E-state index is 0.00565. The molecule has 4 nitrogen and oxygen atoms in total. The van der Waals surface area contributed by atoms with Gasteiger partial charge in [0.2, 0.25) is 5.91 Å². The van der Waals surface area contributed by atoms with E-state index in [0.717, 1.165) is 45.4 Å². The fourth-order valence-electron chi connectivity index (χ4n) is 2.78. The number of nitrogens with zero attached hydrogens (tertiary/aromatic N) is 1. The van der Waals surface area contributed by atoms with Gasteiger partial charge in [-0.15, -0.1) is 0 Å². The molecule has 2 aliphatic heterocycles. The van der Waals surface area contributed by atoms with E-state index in [0.29, 0.717) is 5.92 Å². The van der Waals surface area contributed by atoms with Crippen LogP contribution in [0.4, 0.5) is 0 Å². The van der Waals surface area contributed by atoms with Crippen LogP contribution < -0.4 is 5.32 Å². The Bertz CT molecular complexity index is 264. The third-order valence-electron chi connectivity index (χ3n) is 3.94. The van der Waals surface area contributed by atoms with Gasteiger partial charge in [0.25, 0.3) is 0 Å². The van der Waals surface area contributed by atoms with Gasteiger partial charge in [-0.25, -0.2) is 0 Å². The summed E-state index contributed by atoms with van der Waals surface area (Å²) in [5.41, 5.74) is 0. The third-order valence-corrected chi connectivity index (χ3v) is 3.94. The standard InChI is InChI=1S/C13H24N2O2/c1-10-5-6-15(9-11-4-3-7-17-11)13(16)12(8-10)14-2/h10-12,14H,3-9H2,1-2H3. The fourth-order valence-corrected chi connectivity index (χ4v) is 2.78. The van der Waals surface area contributed by atoms with Crippen molar-refractivity contribution in [2.45, 2.75) is 44.8 Å². The summed E-state index contributed by atoms with van der Waals surface area (Å²) in [4.78, 5) is 14.3. The number of carbonyl (C=O) groups excluding carboxylic acids is 1. The van der Waals surface area contributed by atoms with Gasteiger partial charge >= 0.3 is 0 Å². The molecule has 3 atom stereocenters. The van der Waals surface area contributed by atoms with Crippen molar-refractivity contribution in [3.05, 3.63) is 0 Å². The molecule has 98 valence electrons. The first-order valence-electron chi connectivity index (χ1n) is 6.78. The molecule has 0 aromatic rings. The molecule has 0 radical (unpaired) electrons. The lowest BCUT2D eigenvalue weighted by molar-refractivity contribution is -0.134. The zero-order valence-corrected chi connectivity index (χ0v) is 10.9. The predicted molar refractivity (Wildman–Crippen MR) is 66.8 cm³/mol. The first-order valence-corrected chi connectivity index (χ1v) is 6.78. The van der Waals surface area contributed by atoms with E-state index < -0.39 is 0 Å². The first-order chi connectivity index (χ1) is 8.20. The van der Waals surface area contributed by atoms with Gasteiger partial charge in [-0.3, -0.25) is 4.79 Å². The maximum Gasteiger partial charge on any atom is 0.239 e. The second-order valence-corrected chi connectivity index (χ2v) is 5.39. The van der Waals surface area contributed by atoms with E-state index in [2.05, 4.69) is 12.2 Å². The normalized spacial score (nSPS) is 35.1. The number of amides is 1. The van der Waals surface area contributed by atoms with E-state index in [1.165, 1.54) is 0 Å². The Morgan fingerprint density at radius 2 is 2.29 bits per heavy atom. The van der Waals surface area contributed by atoms with Crippen molar-refractivity contribution in [1.29, 1.82) is 0 Å². The molecule has 0 aliphatic carbocycles. The van der Waals surface area contributed by atoms with Crippen molar-refractivity contribution in [2.24, 2.45) is 5.92 Å². The maximum absolute atomic E-state index is 12.3. The number of hydrogen-bond acceptors (Lipinski definition) is 3. The summed E-state index contributed by atoms with van der Waals surface area (Å²) in [7, 11) is 1.88. The molecule has 0 saturated carbocycles. The molecule has 1 amide bonds. The highest BCUT2D eigenvalue weighted by molar-refractivity contribution is 5.82. The smallest absolute Gasteiger partial charge is 0.239 e. The molecule has 1 N–H and O–H groups in total. The molecule has 2 saturated heterocycles. The summed E-state index contributed by atoms with van der Waals surface area (Å²) < 4.78 is 5.63. The summed E-state index contributed by atoms with van der Waals surface area (Å²) in [6.45, 7) is 4.76. The van der Waals surface area contributed by atoms with Crippen LogP contribution in [0.15, 0.2) is 0 Å². The topological polar surface area (TPSA) is 41.6 Å². The molecule has 0 aromatic heterocycles. The van der Waals surface area contributed by atoms with Gasteiger partial charge in [-0.05, 0) is 38.6 Å². The molecular weight excluding hydrogens is 216 g/mol. The van der Waals surface area contributed by atoms with Crippen LogP contribution in [0.5, 0.6) is 0 Å². The van der Waals surface area contributed by atoms with Gasteiger partial charge < -0.3 is 15.0 Å². The molecule has 2 heterocycles. The highest BCUT2D eigenvalue weighted by Gasteiger charge is 2.30. The Kier molecular flexibility index (Phi) is 4.40. The Morgan fingerprint density at radius 1 is 1.47 bits per heavy atom. The summed E-state index contributed by atoms with van der Waals surface area (Å²) in [6, 6.07) is -0.00565. The quantitative estimate of drug-likeness (QED) is 0.800. The number of likely N-dealkylation sites (N-methyl/N-ethyl adjacent to an activating group) is 1. The summed E-state index contributed by atoms with van der Waals surface area (Å²) >= 11 is 0. The van der Waals surface area contributed by atoms with Crippen molar-refractivity contribution in [1.82, 2.24) is 10.2 Å². The molecule has 2 fully saturated rings. The zero-order chi connectivity index (χ0) is 12.3. The lowest BCUT2D eigenvalue weighted by Gasteiger charge is -2.26.